The van der Waals surface area contributed by atoms with Crippen LogP contribution in [0, 0.1) is 11.8 Å². The summed E-state index contributed by atoms with van der Waals surface area (Å²) in [6.07, 6.45) is 8.77. The number of pyridine rings is 1. The molecule has 2 rings (SSSR count). The van der Waals surface area contributed by atoms with Crippen molar-refractivity contribution in [1.82, 2.24) is 4.98 Å². The van der Waals surface area contributed by atoms with E-state index in [9.17, 15) is 0 Å². The average Bonchev–Trinajstić information content (AvgIpc) is 2.32. The molecule has 17 heavy (non-hydrogen) atoms. The molecule has 0 amide bonds. The first-order valence-corrected chi connectivity index (χ1v) is 6.92. The predicted octanol–water partition coefficient (Wildman–Crippen LogP) is 4.36. The van der Waals surface area contributed by atoms with E-state index in [1.165, 1.54) is 25.7 Å². The molecule has 1 aliphatic rings. The highest BCUT2D eigenvalue weighted by molar-refractivity contribution is 6.33. The van der Waals surface area contributed by atoms with Crippen LogP contribution in [-0.2, 0) is 0 Å². The van der Waals surface area contributed by atoms with Crippen LogP contribution in [0.25, 0.3) is 0 Å². The minimum absolute atomic E-state index is 0.559. The van der Waals surface area contributed by atoms with Crippen LogP contribution in [0.2, 0.25) is 5.02 Å². The van der Waals surface area contributed by atoms with E-state index in [4.69, 9.17) is 11.6 Å². The quantitative estimate of drug-likeness (QED) is 0.865. The number of hydrogen-bond donors (Lipinski definition) is 1. The topological polar surface area (TPSA) is 24.9 Å². The van der Waals surface area contributed by atoms with Crippen molar-refractivity contribution in [2.45, 2.75) is 45.6 Å². The summed E-state index contributed by atoms with van der Waals surface area (Å²) >= 11 is 6.15. The normalized spacial score (nSPS) is 24.9. The molecule has 2 nitrogen and oxygen atoms in total. The fourth-order valence-corrected chi connectivity index (χ4v) is 3.00. The fourth-order valence-electron chi connectivity index (χ4n) is 2.83. The fraction of sp³-hybridized carbons (Fsp3) is 0.643. The molecule has 0 saturated heterocycles. The van der Waals surface area contributed by atoms with Gasteiger partial charge in [-0.15, -0.1) is 0 Å². The number of rotatable bonds is 3. The zero-order valence-corrected chi connectivity index (χ0v) is 11.4. The van der Waals surface area contributed by atoms with Crippen molar-refractivity contribution in [2.75, 3.05) is 5.32 Å². The van der Waals surface area contributed by atoms with Crippen LogP contribution < -0.4 is 5.32 Å². The van der Waals surface area contributed by atoms with E-state index in [2.05, 4.69) is 24.1 Å². The third kappa shape index (κ3) is 3.12. The molecule has 0 aromatic carbocycles. The van der Waals surface area contributed by atoms with Crippen LogP contribution in [0.4, 0.5) is 5.69 Å². The van der Waals surface area contributed by atoms with Gasteiger partial charge in [0.15, 0.2) is 0 Å². The van der Waals surface area contributed by atoms with Crippen LogP contribution in [0.5, 0.6) is 0 Å². The van der Waals surface area contributed by atoms with Crippen molar-refractivity contribution >= 4 is 17.3 Å². The van der Waals surface area contributed by atoms with Crippen LogP contribution in [0.3, 0.4) is 0 Å². The first kappa shape index (κ1) is 12.7. The average molecular weight is 253 g/mol. The summed E-state index contributed by atoms with van der Waals surface area (Å²) in [4.78, 5) is 4.02. The van der Waals surface area contributed by atoms with Crippen molar-refractivity contribution in [2.24, 2.45) is 11.8 Å². The molecule has 1 N–H and O–H groups in total. The highest BCUT2D eigenvalue weighted by atomic mass is 35.5. The molecule has 1 saturated carbocycles. The van der Waals surface area contributed by atoms with Crippen molar-refractivity contribution in [3.63, 3.8) is 0 Å². The summed E-state index contributed by atoms with van der Waals surface area (Å²) in [5.74, 6) is 1.49. The molecule has 1 aromatic rings. The van der Waals surface area contributed by atoms with Gasteiger partial charge < -0.3 is 5.32 Å². The molecular formula is C14H21ClN2. The second kappa shape index (κ2) is 5.72. The minimum atomic E-state index is 0.559. The van der Waals surface area contributed by atoms with Crippen molar-refractivity contribution in [3.05, 3.63) is 23.5 Å². The standard InChI is InChI=1S/C14H21ClN2/c1-10(2)11-5-3-4-6-13(11)17-14-7-8-16-9-12(14)15/h7-11,13H,3-6H2,1-2H3,(H,16,17). The lowest BCUT2D eigenvalue weighted by Gasteiger charge is -2.35. The Hall–Kier alpha value is -0.760. The molecule has 94 valence electrons. The lowest BCUT2D eigenvalue weighted by molar-refractivity contribution is 0.254. The van der Waals surface area contributed by atoms with Crippen LogP contribution in [0.1, 0.15) is 39.5 Å². The Morgan fingerprint density at radius 1 is 1.35 bits per heavy atom. The summed E-state index contributed by atoms with van der Waals surface area (Å²) < 4.78 is 0. The SMILES string of the molecule is CC(C)C1CCCCC1Nc1ccncc1Cl. The molecule has 0 radical (unpaired) electrons. The van der Waals surface area contributed by atoms with Gasteiger partial charge in [-0.25, -0.2) is 0 Å². The van der Waals surface area contributed by atoms with Gasteiger partial charge in [0.25, 0.3) is 0 Å². The second-order valence-electron chi connectivity index (χ2n) is 5.30. The summed E-state index contributed by atoms with van der Waals surface area (Å²) in [5, 5.41) is 4.33. The number of nitrogens with one attached hydrogen (secondary N) is 1. The van der Waals surface area contributed by atoms with Gasteiger partial charge in [-0.05, 0) is 30.7 Å². The second-order valence-corrected chi connectivity index (χ2v) is 5.71. The molecule has 0 bridgehead atoms. The maximum atomic E-state index is 6.15. The lowest BCUT2D eigenvalue weighted by Crippen LogP contribution is -2.35. The van der Waals surface area contributed by atoms with E-state index >= 15 is 0 Å². The molecule has 1 aromatic heterocycles. The van der Waals surface area contributed by atoms with Gasteiger partial charge in [0.1, 0.15) is 0 Å². The Bertz CT molecular complexity index is 365. The molecule has 2 unspecified atom stereocenters. The first-order valence-electron chi connectivity index (χ1n) is 6.54. The molecule has 1 aliphatic carbocycles. The third-order valence-corrected chi connectivity index (χ3v) is 4.09. The first-order chi connectivity index (χ1) is 8.18. The van der Waals surface area contributed by atoms with Gasteiger partial charge in [-0.2, -0.15) is 0 Å². The third-order valence-electron chi connectivity index (χ3n) is 3.79. The van der Waals surface area contributed by atoms with E-state index in [0.29, 0.717) is 6.04 Å². The van der Waals surface area contributed by atoms with Crippen molar-refractivity contribution in [1.29, 1.82) is 0 Å². The highest BCUT2D eigenvalue weighted by Gasteiger charge is 2.27. The molecule has 0 aliphatic heterocycles. The maximum Gasteiger partial charge on any atom is 0.0820 e. The van der Waals surface area contributed by atoms with E-state index in [0.717, 1.165) is 22.5 Å². The van der Waals surface area contributed by atoms with Gasteiger partial charge in [0, 0.05) is 18.4 Å². The largest absolute Gasteiger partial charge is 0.381 e. The van der Waals surface area contributed by atoms with Crippen molar-refractivity contribution in [3.8, 4) is 0 Å². The highest BCUT2D eigenvalue weighted by Crippen LogP contribution is 2.33. The van der Waals surface area contributed by atoms with Gasteiger partial charge >= 0.3 is 0 Å². The minimum Gasteiger partial charge on any atom is -0.381 e. The number of anilines is 1. The summed E-state index contributed by atoms with van der Waals surface area (Å²) in [7, 11) is 0. The Balaban J connectivity index is 2.08. The van der Waals surface area contributed by atoms with Gasteiger partial charge in [0.2, 0.25) is 0 Å². The molecule has 0 spiro atoms. The number of hydrogen-bond acceptors (Lipinski definition) is 2. The monoisotopic (exact) mass is 252 g/mol. The van der Waals surface area contributed by atoms with E-state index in [1.807, 2.05) is 6.07 Å². The zero-order chi connectivity index (χ0) is 12.3. The number of nitrogens with zero attached hydrogens (tertiary/aromatic N) is 1. The van der Waals surface area contributed by atoms with Gasteiger partial charge in [0.05, 0.1) is 10.7 Å². The molecule has 1 heterocycles. The summed E-state index contributed by atoms with van der Waals surface area (Å²) in [6, 6.07) is 2.53. The number of halogens is 1. The van der Waals surface area contributed by atoms with Gasteiger partial charge in [-0.1, -0.05) is 38.3 Å². The Morgan fingerprint density at radius 2 is 2.12 bits per heavy atom. The molecule has 1 fully saturated rings. The zero-order valence-electron chi connectivity index (χ0n) is 10.6. The molecule has 3 heteroatoms. The van der Waals surface area contributed by atoms with Crippen LogP contribution >= 0.6 is 11.6 Å². The summed E-state index contributed by atoms with van der Waals surface area (Å²) in [6.45, 7) is 4.64. The maximum absolute atomic E-state index is 6.15. The van der Waals surface area contributed by atoms with E-state index < -0.39 is 0 Å². The lowest BCUT2D eigenvalue weighted by atomic mass is 9.78. The van der Waals surface area contributed by atoms with Crippen LogP contribution in [-0.4, -0.2) is 11.0 Å². The Morgan fingerprint density at radius 3 is 2.82 bits per heavy atom. The predicted molar refractivity (Wildman–Crippen MR) is 73.5 cm³/mol. The Labute approximate surface area is 109 Å². The molecular weight excluding hydrogens is 232 g/mol. The van der Waals surface area contributed by atoms with E-state index in [-0.39, 0.29) is 0 Å². The van der Waals surface area contributed by atoms with Crippen LogP contribution in [0.15, 0.2) is 18.5 Å². The van der Waals surface area contributed by atoms with Crippen molar-refractivity contribution < 1.29 is 0 Å². The molecule has 2 atom stereocenters. The van der Waals surface area contributed by atoms with Gasteiger partial charge in [-0.3, -0.25) is 4.98 Å². The van der Waals surface area contributed by atoms with E-state index in [1.54, 1.807) is 12.4 Å². The summed E-state index contributed by atoms with van der Waals surface area (Å²) in [5.41, 5.74) is 1.03. The number of aromatic nitrogens is 1. The Kier molecular flexibility index (Phi) is 4.27. The smallest absolute Gasteiger partial charge is 0.0820 e.